The van der Waals surface area contributed by atoms with Crippen molar-refractivity contribution in [1.82, 2.24) is 4.90 Å². The molecule has 0 radical (unpaired) electrons. The summed E-state index contributed by atoms with van der Waals surface area (Å²) in [5.41, 5.74) is 0.245. The summed E-state index contributed by atoms with van der Waals surface area (Å²) in [5.74, 6) is 3.36. The number of esters is 1. The number of aliphatic hydroxyl groups is 2. The maximum absolute atomic E-state index is 12.5. The highest BCUT2D eigenvalue weighted by Crippen LogP contribution is 2.68. The molecule has 0 heterocycles. The van der Waals surface area contributed by atoms with Crippen molar-refractivity contribution >= 4 is 5.97 Å². The summed E-state index contributed by atoms with van der Waals surface area (Å²) in [6, 6.07) is 0. The molecule has 0 bridgehead atoms. The van der Waals surface area contributed by atoms with Crippen molar-refractivity contribution in [2.45, 2.75) is 117 Å². The highest BCUT2D eigenvalue weighted by Gasteiger charge is 2.63. The molecule has 4 aliphatic rings. The van der Waals surface area contributed by atoms with Crippen LogP contribution < -0.4 is 0 Å². The van der Waals surface area contributed by atoms with Crippen LogP contribution in [-0.2, 0) is 9.53 Å². The molecule has 5 nitrogen and oxygen atoms in total. The minimum atomic E-state index is -0.256. The van der Waals surface area contributed by atoms with Crippen LogP contribution in [-0.4, -0.2) is 59.5 Å². The Morgan fingerprint density at radius 2 is 1.78 bits per heavy atom. The van der Waals surface area contributed by atoms with Gasteiger partial charge >= 0.3 is 5.97 Å². The van der Waals surface area contributed by atoms with E-state index in [0.29, 0.717) is 48.5 Å². The van der Waals surface area contributed by atoms with Crippen molar-refractivity contribution in [2.75, 3.05) is 26.2 Å². The molecule has 2 N–H and O–H groups in total. The summed E-state index contributed by atoms with van der Waals surface area (Å²) >= 11 is 0. The highest BCUT2D eigenvalue weighted by atomic mass is 16.5. The van der Waals surface area contributed by atoms with E-state index in [1.54, 1.807) is 0 Å². The average Bonchev–Trinajstić information content (AvgIpc) is 3.22. The lowest BCUT2D eigenvalue weighted by Gasteiger charge is -2.62. The molecule has 4 fully saturated rings. The smallest absolute Gasteiger partial charge is 0.305 e. The number of aliphatic hydroxyl groups excluding tert-OH is 2. The second-order valence-corrected chi connectivity index (χ2v) is 13.5. The van der Waals surface area contributed by atoms with Crippen LogP contribution in [0.2, 0.25) is 0 Å². The van der Waals surface area contributed by atoms with E-state index in [-0.39, 0.29) is 29.0 Å². The molecule has 0 aliphatic heterocycles. The van der Waals surface area contributed by atoms with E-state index in [9.17, 15) is 15.0 Å². The molecular weight excluding hydrogens is 450 g/mol. The molecule has 0 aromatic carbocycles. The van der Waals surface area contributed by atoms with E-state index in [1.165, 1.54) is 25.7 Å². The number of carbonyl (C=O) groups is 1. The number of rotatable bonds is 10. The molecular formula is C31H55NO4. The first-order chi connectivity index (χ1) is 17.1. The predicted octanol–water partition coefficient (Wildman–Crippen LogP) is 5.67. The third-order valence-electron chi connectivity index (χ3n) is 12.1. The van der Waals surface area contributed by atoms with Crippen LogP contribution in [0.25, 0.3) is 0 Å². The normalized spacial score (nSPS) is 42.9. The minimum Gasteiger partial charge on any atom is -0.466 e. The molecule has 0 aromatic heterocycles. The molecule has 208 valence electrons. The summed E-state index contributed by atoms with van der Waals surface area (Å²) in [4.78, 5) is 14.8. The zero-order valence-corrected chi connectivity index (χ0v) is 23.9. The zero-order chi connectivity index (χ0) is 26.1. The van der Waals surface area contributed by atoms with Crippen LogP contribution in [0.3, 0.4) is 0 Å². The number of nitrogens with zero attached hydrogens (tertiary/aromatic N) is 1. The van der Waals surface area contributed by atoms with E-state index in [4.69, 9.17) is 4.74 Å². The largest absolute Gasteiger partial charge is 0.466 e. The van der Waals surface area contributed by atoms with Gasteiger partial charge in [0.15, 0.2) is 0 Å². The highest BCUT2D eigenvalue weighted by molar-refractivity contribution is 5.69. The quantitative estimate of drug-likeness (QED) is 0.296. The van der Waals surface area contributed by atoms with Gasteiger partial charge < -0.3 is 19.8 Å². The molecule has 0 aromatic rings. The summed E-state index contributed by atoms with van der Waals surface area (Å²) in [6.07, 6.45) is 10.7. The molecule has 4 saturated carbocycles. The van der Waals surface area contributed by atoms with Gasteiger partial charge in [0.25, 0.3) is 0 Å². The Bertz CT molecular complexity index is 740. The van der Waals surface area contributed by atoms with E-state index in [1.807, 2.05) is 0 Å². The fourth-order valence-electron chi connectivity index (χ4n) is 9.79. The Balaban J connectivity index is 1.32. The third kappa shape index (κ3) is 5.27. The lowest BCUT2D eigenvalue weighted by atomic mass is 9.43. The monoisotopic (exact) mass is 505 g/mol. The lowest BCUT2D eigenvalue weighted by Crippen LogP contribution is -2.58. The first kappa shape index (κ1) is 28.4. The predicted molar refractivity (Wildman–Crippen MR) is 144 cm³/mol. The second kappa shape index (κ2) is 11.6. The van der Waals surface area contributed by atoms with Crippen LogP contribution in [0.15, 0.2) is 0 Å². The van der Waals surface area contributed by atoms with Crippen molar-refractivity contribution in [2.24, 2.45) is 46.3 Å². The number of hydrogen-bond donors (Lipinski definition) is 2. The first-order valence-corrected chi connectivity index (χ1v) is 15.4. The van der Waals surface area contributed by atoms with Gasteiger partial charge in [0, 0.05) is 13.0 Å². The van der Waals surface area contributed by atoms with Gasteiger partial charge in [-0.3, -0.25) is 4.79 Å². The van der Waals surface area contributed by atoms with Crippen molar-refractivity contribution in [3.8, 4) is 0 Å². The van der Waals surface area contributed by atoms with Gasteiger partial charge in [0.05, 0.1) is 18.8 Å². The van der Waals surface area contributed by atoms with Crippen LogP contribution >= 0.6 is 0 Å². The maximum Gasteiger partial charge on any atom is 0.305 e. The average molecular weight is 506 g/mol. The van der Waals surface area contributed by atoms with E-state index >= 15 is 0 Å². The fourth-order valence-corrected chi connectivity index (χ4v) is 9.79. The molecule has 10 atom stereocenters. The van der Waals surface area contributed by atoms with Crippen LogP contribution in [0, 0.1) is 46.3 Å². The van der Waals surface area contributed by atoms with Crippen LogP contribution in [0.4, 0.5) is 0 Å². The summed E-state index contributed by atoms with van der Waals surface area (Å²) in [7, 11) is 0. The van der Waals surface area contributed by atoms with Gasteiger partial charge in [0.2, 0.25) is 0 Å². The van der Waals surface area contributed by atoms with Crippen molar-refractivity contribution in [1.29, 1.82) is 0 Å². The molecule has 4 rings (SSSR count). The molecule has 0 amide bonds. The summed E-state index contributed by atoms with van der Waals surface area (Å²) in [5, 5.41) is 22.0. The van der Waals surface area contributed by atoms with E-state index < -0.39 is 0 Å². The molecule has 0 unspecified atom stereocenters. The SMILES string of the molecule is CCN(CC)CCCOC(=O)CC[C@@H](C)[C@H]1CC[C@H]2[C@@H]3CC[C@@H]4C[C@H](O)CC[C@]4(C)[C@H]3C[C@H](O)[C@]12C. The fraction of sp³-hybridized carbons (Fsp3) is 0.968. The second-order valence-electron chi connectivity index (χ2n) is 13.5. The number of hydrogen-bond acceptors (Lipinski definition) is 5. The number of fused-ring (bicyclic) bond motifs is 5. The lowest BCUT2D eigenvalue weighted by molar-refractivity contribution is -0.175. The van der Waals surface area contributed by atoms with Crippen LogP contribution in [0.5, 0.6) is 0 Å². The van der Waals surface area contributed by atoms with Gasteiger partial charge in [0.1, 0.15) is 0 Å². The maximum atomic E-state index is 12.5. The van der Waals surface area contributed by atoms with Gasteiger partial charge in [-0.05, 0) is 124 Å². The standard InChI is InChI=1S/C31H55NO4/c1-6-32(7-2)17-8-18-36-29(35)14-9-21(3)25-12-13-26-24-11-10-22-19-23(33)15-16-30(22,4)27(24)20-28(34)31(25,26)5/h21-28,33-34H,6-20H2,1-5H3/t21-,22-,23-,24+,25-,26+,27+,28+,30+,31-/m1/s1. The Hall–Kier alpha value is -0.650. The summed E-state index contributed by atoms with van der Waals surface area (Å²) < 4.78 is 5.55. The van der Waals surface area contributed by atoms with Crippen molar-refractivity contribution in [3.05, 3.63) is 0 Å². The van der Waals surface area contributed by atoms with Crippen LogP contribution in [0.1, 0.15) is 105 Å². The molecule has 0 spiro atoms. The Morgan fingerprint density at radius 1 is 1.03 bits per heavy atom. The van der Waals surface area contributed by atoms with Crippen molar-refractivity contribution in [3.63, 3.8) is 0 Å². The Kier molecular flexibility index (Phi) is 9.15. The molecule has 36 heavy (non-hydrogen) atoms. The topological polar surface area (TPSA) is 70.0 Å². The molecule has 5 heteroatoms. The number of ether oxygens (including phenoxy) is 1. The molecule has 4 aliphatic carbocycles. The summed E-state index contributed by atoms with van der Waals surface area (Å²) in [6.45, 7) is 15.1. The Labute approximate surface area is 220 Å². The Morgan fingerprint density at radius 3 is 2.50 bits per heavy atom. The third-order valence-corrected chi connectivity index (χ3v) is 12.1. The van der Waals surface area contributed by atoms with E-state index in [2.05, 4.69) is 39.5 Å². The zero-order valence-electron chi connectivity index (χ0n) is 23.9. The van der Waals surface area contributed by atoms with E-state index in [0.717, 1.165) is 58.2 Å². The van der Waals surface area contributed by atoms with Gasteiger partial charge in [-0.2, -0.15) is 0 Å². The van der Waals surface area contributed by atoms with Gasteiger partial charge in [-0.1, -0.05) is 34.6 Å². The van der Waals surface area contributed by atoms with Gasteiger partial charge in [-0.25, -0.2) is 0 Å². The first-order valence-electron chi connectivity index (χ1n) is 15.4. The molecule has 0 saturated heterocycles. The van der Waals surface area contributed by atoms with Crippen molar-refractivity contribution < 1.29 is 19.7 Å². The van der Waals surface area contributed by atoms with Gasteiger partial charge in [-0.15, -0.1) is 0 Å². The minimum absolute atomic E-state index is 0.0361. The number of carbonyl (C=O) groups excluding carboxylic acids is 1.